The van der Waals surface area contributed by atoms with Crippen molar-refractivity contribution >= 4 is 29.3 Å². The number of aliphatic carboxylic acids is 1. The predicted octanol–water partition coefficient (Wildman–Crippen LogP) is 4.16. The van der Waals surface area contributed by atoms with Crippen molar-refractivity contribution in [3.05, 3.63) is 75.7 Å². The van der Waals surface area contributed by atoms with Crippen LogP contribution in [0.4, 0.5) is 4.79 Å². The van der Waals surface area contributed by atoms with E-state index in [2.05, 4.69) is 39.9 Å². The molecule has 3 aromatic rings. The van der Waals surface area contributed by atoms with Gasteiger partial charge in [-0.15, -0.1) is 11.3 Å². The molecular weight excluding hydrogens is 466 g/mol. The largest absolute Gasteiger partial charge is 0.480 e. The highest BCUT2D eigenvalue weighted by Gasteiger charge is 2.31. The molecule has 3 N–H and O–H groups in total. The van der Waals surface area contributed by atoms with Crippen LogP contribution in [-0.2, 0) is 16.1 Å². The number of ether oxygens (including phenoxy) is 1. The third kappa shape index (κ3) is 5.19. The molecule has 180 valence electrons. The van der Waals surface area contributed by atoms with Crippen LogP contribution in [-0.4, -0.2) is 40.7 Å². The molecule has 5 rings (SSSR count). The average Bonchev–Trinajstić information content (AvgIpc) is 3.45. The summed E-state index contributed by atoms with van der Waals surface area (Å²) in [5, 5.41) is 16.6. The summed E-state index contributed by atoms with van der Waals surface area (Å²) in [5.74, 6) is -1.23. The number of amides is 2. The topological polar surface area (TPSA) is 118 Å². The maximum atomic E-state index is 12.4. The van der Waals surface area contributed by atoms with E-state index in [0.29, 0.717) is 17.3 Å². The van der Waals surface area contributed by atoms with Gasteiger partial charge in [-0.05, 0) is 34.6 Å². The Morgan fingerprint density at radius 1 is 1.06 bits per heavy atom. The number of thiazole rings is 1. The normalized spacial score (nSPS) is 15.1. The number of nitrogens with one attached hydrogen (secondary N) is 2. The standard InChI is InChI=1S/C26H25N3O5S/c30-24(29-21(25(31)32)11-15-9-10-15)22-14-35-23(28-22)12-27-26(33)34-13-20-18-7-3-1-5-16(18)17-6-2-4-8-19(17)20/h1-8,14-15,20-21H,9-13H2,(H,27,33)(H,29,30)(H,31,32). The second kappa shape index (κ2) is 9.87. The summed E-state index contributed by atoms with van der Waals surface area (Å²) in [6, 6.07) is 15.3. The second-order valence-corrected chi connectivity index (χ2v) is 9.79. The Bertz CT molecular complexity index is 1220. The lowest BCUT2D eigenvalue weighted by molar-refractivity contribution is -0.139. The Balaban J connectivity index is 1.13. The summed E-state index contributed by atoms with van der Waals surface area (Å²) in [5.41, 5.74) is 4.74. The van der Waals surface area contributed by atoms with Gasteiger partial charge in [0.1, 0.15) is 23.4 Å². The fourth-order valence-electron chi connectivity index (χ4n) is 4.43. The van der Waals surface area contributed by atoms with Gasteiger partial charge in [0.15, 0.2) is 0 Å². The van der Waals surface area contributed by atoms with Crippen LogP contribution in [0.15, 0.2) is 53.9 Å². The monoisotopic (exact) mass is 491 g/mol. The van der Waals surface area contributed by atoms with Crippen molar-refractivity contribution in [2.75, 3.05) is 6.61 Å². The van der Waals surface area contributed by atoms with E-state index in [1.807, 2.05) is 24.3 Å². The molecule has 2 aliphatic rings. The Morgan fingerprint density at radius 2 is 1.71 bits per heavy atom. The third-order valence-corrected chi connectivity index (χ3v) is 7.23. The van der Waals surface area contributed by atoms with Crippen molar-refractivity contribution in [2.24, 2.45) is 5.92 Å². The maximum absolute atomic E-state index is 12.4. The van der Waals surface area contributed by atoms with E-state index in [4.69, 9.17) is 4.74 Å². The Labute approximate surface area is 206 Å². The van der Waals surface area contributed by atoms with Crippen LogP contribution in [0, 0.1) is 5.92 Å². The number of benzene rings is 2. The van der Waals surface area contributed by atoms with Crippen LogP contribution in [0.25, 0.3) is 11.1 Å². The SMILES string of the molecule is O=C(NCc1nc(C(=O)NC(CC2CC2)C(=O)O)cs1)OCC1c2ccccc2-c2ccccc21. The number of fused-ring (bicyclic) bond motifs is 3. The number of hydrogen-bond acceptors (Lipinski definition) is 6. The van der Waals surface area contributed by atoms with Gasteiger partial charge < -0.3 is 20.5 Å². The predicted molar refractivity (Wildman–Crippen MR) is 130 cm³/mol. The number of alkyl carbamates (subject to hydrolysis) is 1. The lowest BCUT2D eigenvalue weighted by Crippen LogP contribution is -2.41. The van der Waals surface area contributed by atoms with Gasteiger partial charge in [0.05, 0.1) is 6.54 Å². The number of rotatable bonds is 9. The van der Waals surface area contributed by atoms with E-state index < -0.39 is 24.0 Å². The zero-order valence-electron chi connectivity index (χ0n) is 18.9. The van der Waals surface area contributed by atoms with Crippen LogP contribution in [0.5, 0.6) is 0 Å². The maximum Gasteiger partial charge on any atom is 0.407 e. The van der Waals surface area contributed by atoms with Crippen molar-refractivity contribution in [1.82, 2.24) is 15.6 Å². The molecule has 9 heteroatoms. The number of nitrogens with zero attached hydrogens (tertiary/aromatic N) is 1. The molecule has 1 saturated carbocycles. The van der Waals surface area contributed by atoms with Gasteiger partial charge in [0.25, 0.3) is 5.91 Å². The van der Waals surface area contributed by atoms with Crippen molar-refractivity contribution in [3.63, 3.8) is 0 Å². The molecule has 2 aromatic carbocycles. The fourth-order valence-corrected chi connectivity index (χ4v) is 5.15. The number of carbonyl (C=O) groups excluding carboxylic acids is 2. The minimum atomic E-state index is -1.04. The zero-order valence-corrected chi connectivity index (χ0v) is 19.7. The molecule has 1 unspecified atom stereocenters. The minimum Gasteiger partial charge on any atom is -0.480 e. The molecule has 1 aromatic heterocycles. The van der Waals surface area contributed by atoms with Crippen molar-refractivity contribution in [2.45, 2.75) is 37.8 Å². The van der Waals surface area contributed by atoms with E-state index in [9.17, 15) is 19.5 Å². The fraction of sp³-hybridized carbons (Fsp3) is 0.308. The Kier molecular flexibility index (Phi) is 6.50. The van der Waals surface area contributed by atoms with Crippen LogP contribution in [0.1, 0.15) is 51.8 Å². The van der Waals surface area contributed by atoms with Crippen molar-refractivity contribution < 1.29 is 24.2 Å². The van der Waals surface area contributed by atoms with Crippen molar-refractivity contribution in [3.8, 4) is 11.1 Å². The van der Waals surface area contributed by atoms with Gasteiger partial charge in [-0.3, -0.25) is 4.79 Å². The molecule has 2 aliphatic carbocycles. The third-order valence-electron chi connectivity index (χ3n) is 6.38. The van der Waals surface area contributed by atoms with Gasteiger partial charge in [-0.1, -0.05) is 61.4 Å². The van der Waals surface area contributed by atoms with Crippen LogP contribution in [0.2, 0.25) is 0 Å². The number of carbonyl (C=O) groups is 3. The molecule has 0 spiro atoms. The molecule has 35 heavy (non-hydrogen) atoms. The van der Waals surface area contributed by atoms with E-state index in [-0.39, 0.29) is 24.8 Å². The molecular formula is C26H25N3O5S. The van der Waals surface area contributed by atoms with E-state index in [0.717, 1.165) is 35.1 Å². The summed E-state index contributed by atoms with van der Waals surface area (Å²) in [6.45, 7) is 0.321. The lowest BCUT2D eigenvalue weighted by Gasteiger charge is -2.14. The first kappa shape index (κ1) is 23.0. The first-order valence-corrected chi connectivity index (χ1v) is 12.4. The first-order chi connectivity index (χ1) is 17.0. The van der Waals surface area contributed by atoms with Crippen LogP contribution >= 0.6 is 11.3 Å². The molecule has 1 fully saturated rings. The van der Waals surface area contributed by atoms with E-state index in [1.54, 1.807) is 5.38 Å². The summed E-state index contributed by atoms with van der Waals surface area (Å²) < 4.78 is 5.52. The van der Waals surface area contributed by atoms with E-state index in [1.165, 1.54) is 11.3 Å². The second-order valence-electron chi connectivity index (χ2n) is 8.85. The summed E-state index contributed by atoms with van der Waals surface area (Å²) in [4.78, 5) is 40.4. The molecule has 0 radical (unpaired) electrons. The highest BCUT2D eigenvalue weighted by Crippen LogP contribution is 2.44. The molecule has 0 bridgehead atoms. The van der Waals surface area contributed by atoms with Crippen LogP contribution < -0.4 is 10.6 Å². The molecule has 2 amide bonds. The smallest absolute Gasteiger partial charge is 0.407 e. The quantitative estimate of drug-likeness (QED) is 0.414. The van der Waals surface area contributed by atoms with Gasteiger partial charge >= 0.3 is 12.1 Å². The summed E-state index contributed by atoms with van der Waals surface area (Å²) >= 11 is 1.22. The summed E-state index contributed by atoms with van der Waals surface area (Å²) in [6.07, 6.45) is 1.87. The number of hydrogen-bond donors (Lipinski definition) is 3. The zero-order chi connectivity index (χ0) is 24.4. The number of carboxylic acids is 1. The molecule has 0 saturated heterocycles. The Morgan fingerprint density at radius 3 is 2.34 bits per heavy atom. The molecule has 0 aliphatic heterocycles. The molecule has 1 atom stereocenters. The number of aromatic nitrogens is 1. The lowest BCUT2D eigenvalue weighted by atomic mass is 9.98. The summed E-state index contributed by atoms with van der Waals surface area (Å²) in [7, 11) is 0. The van der Waals surface area contributed by atoms with Gasteiger partial charge in [0, 0.05) is 11.3 Å². The highest BCUT2D eigenvalue weighted by atomic mass is 32.1. The van der Waals surface area contributed by atoms with Crippen molar-refractivity contribution in [1.29, 1.82) is 0 Å². The molecule has 8 nitrogen and oxygen atoms in total. The Hall–Kier alpha value is -3.72. The first-order valence-electron chi connectivity index (χ1n) is 11.6. The van der Waals surface area contributed by atoms with Gasteiger partial charge in [-0.2, -0.15) is 0 Å². The van der Waals surface area contributed by atoms with Gasteiger partial charge in [0.2, 0.25) is 0 Å². The minimum absolute atomic E-state index is 0.0267. The number of carboxylic acid groups (broad SMARTS) is 1. The molecule has 1 heterocycles. The van der Waals surface area contributed by atoms with Gasteiger partial charge in [-0.25, -0.2) is 14.6 Å². The average molecular weight is 492 g/mol. The van der Waals surface area contributed by atoms with Crippen LogP contribution in [0.3, 0.4) is 0 Å². The van der Waals surface area contributed by atoms with E-state index >= 15 is 0 Å². The highest BCUT2D eigenvalue weighted by molar-refractivity contribution is 7.09.